The third kappa shape index (κ3) is 10.5. The smallest absolute Gasteiger partial charge is 0.000799 e. The number of hydrogen-bond acceptors (Lipinski definition) is 4. The van der Waals surface area contributed by atoms with Gasteiger partial charge < -0.3 is 0 Å². The molecule has 0 aromatic heterocycles. The van der Waals surface area contributed by atoms with Crippen LogP contribution in [-0.4, -0.2) is 46.0 Å². The molecule has 0 N–H and O–H groups in total. The Morgan fingerprint density at radius 2 is 0.458 bits per heavy atom. The predicted octanol–water partition coefficient (Wildman–Crippen LogP) is 7.04. The zero-order valence-corrected chi connectivity index (χ0v) is 20.6. The van der Waals surface area contributed by atoms with Crippen molar-refractivity contribution in [2.24, 2.45) is 21.7 Å². The summed E-state index contributed by atoms with van der Waals surface area (Å²) in [5.74, 6) is 10.3. The molecule has 0 bridgehead atoms. The van der Waals surface area contributed by atoms with Gasteiger partial charge in [-0.1, -0.05) is 55.4 Å². The molecule has 0 aromatic carbocycles. The summed E-state index contributed by atoms with van der Waals surface area (Å²) >= 11 is 8.69. The van der Waals surface area contributed by atoms with E-state index < -0.39 is 0 Å². The van der Waals surface area contributed by atoms with Crippen molar-refractivity contribution in [3.05, 3.63) is 0 Å². The molecule has 1 aliphatic rings. The maximum Gasteiger partial charge on any atom is -0.000799 e. The highest BCUT2D eigenvalue weighted by atomic mass is 32.2. The second-order valence-corrected chi connectivity index (χ2v) is 14.6. The van der Waals surface area contributed by atoms with E-state index in [0.29, 0.717) is 21.7 Å². The Bertz CT molecular complexity index is 276. The van der Waals surface area contributed by atoms with E-state index in [4.69, 9.17) is 0 Å². The first-order chi connectivity index (χ1) is 10.8. The van der Waals surface area contributed by atoms with E-state index in [1.807, 2.05) is 0 Å². The lowest BCUT2D eigenvalue weighted by Crippen LogP contribution is -2.27. The van der Waals surface area contributed by atoms with Crippen LogP contribution in [0, 0.1) is 21.7 Å². The first kappa shape index (κ1) is 23.4. The maximum absolute atomic E-state index is 2.45. The Balaban J connectivity index is 2.68. The lowest BCUT2D eigenvalue weighted by Gasteiger charge is -2.32. The van der Waals surface area contributed by atoms with Gasteiger partial charge in [0.05, 0.1) is 0 Å². The van der Waals surface area contributed by atoms with Crippen LogP contribution in [0.15, 0.2) is 0 Å². The molecule has 0 amide bonds. The second-order valence-electron chi connectivity index (χ2n) is 10.6. The van der Waals surface area contributed by atoms with Gasteiger partial charge in [-0.25, -0.2) is 0 Å². The maximum atomic E-state index is 2.45. The van der Waals surface area contributed by atoms with Crippen molar-refractivity contribution in [3.63, 3.8) is 0 Å². The van der Waals surface area contributed by atoms with Crippen molar-refractivity contribution < 1.29 is 0 Å². The Morgan fingerprint density at radius 1 is 0.333 bits per heavy atom. The molecule has 0 unspecified atom stereocenters. The Morgan fingerprint density at radius 3 is 0.583 bits per heavy atom. The molecule has 1 aliphatic heterocycles. The molecule has 0 spiro atoms. The van der Waals surface area contributed by atoms with E-state index in [1.165, 1.54) is 46.0 Å². The molecule has 0 radical (unpaired) electrons. The molecule has 144 valence electrons. The van der Waals surface area contributed by atoms with E-state index in [1.54, 1.807) is 0 Å². The third-order valence-corrected chi connectivity index (χ3v) is 11.8. The highest BCUT2D eigenvalue weighted by molar-refractivity contribution is 8.01. The fourth-order valence-corrected chi connectivity index (χ4v) is 8.74. The summed E-state index contributed by atoms with van der Waals surface area (Å²) in [4.78, 5) is 0. The van der Waals surface area contributed by atoms with Crippen molar-refractivity contribution in [2.45, 2.75) is 55.4 Å². The summed E-state index contributed by atoms with van der Waals surface area (Å²) < 4.78 is 0. The molecular formula is C20H40S4. The first-order valence-electron chi connectivity index (χ1n) is 9.14. The normalized spacial score (nSPS) is 29.0. The van der Waals surface area contributed by atoms with Crippen LogP contribution < -0.4 is 0 Å². The van der Waals surface area contributed by atoms with Crippen LogP contribution in [0.1, 0.15) is 55.4 Å². The van der Waals surface area contributed by atoms with E-state index in [2.05, 4.69) is 102 Å². The molecule has 0 atom stereocenters. The van der Waals surface area contributed by atoms with Gasteiger partial charge in [-0.05, 0) is 67.7 Å². The summed E-state index contributed by atoms with van der Waals surface area (Å²) in [7, 11) is 0. The zero-order chi connectivity index (χ0) is 18.5. The highest BCUT2D eigenvalue weighted by Gasteiger charge is 2.27. The molecule has 0 saturated carbocycles. The molecule has 1 rings (SSSR count). The second kappa shape index (κ2) is 9.55. The third-order valence-electron chi connectivity index (χ3n) is 3.94. The van der Waals surface area contributed by atoms with Gasteiger partial charge in [0.15, 0.2) is 0 Å². The van der Waals surface area contributed by atoms with Crippen molar-refractivity contribution in [1.82, 2.24) is 0 Å². The highest BCUT2D eigenvalue weighted by Crippen LogP contribution is 2.37. The van der Waals surface area contributed by atoms with Crippen molar-refractivity contribution >= 4 is 47.0 Å². The number of hydrogen-bond donors (Lipinski definition) is 0. The van der Waals surface area contributed by atoms with Gasteiger partial charge in [-0.3, -0.25) is 0 Å². The van der Waals surface area contributed by atoms with E-state index in [-0.39, 0.29) is 0 Å². The standard InChI is InChI=1S/C20H40S4/c1-17(2)9-21-11-18(3,4)13-23-15-20(7,8)16-24-14-19(5,6)12-22-10-17/h9-16H2,1-8H3. The van der Waals surface area contributed by atoms with E-state index >= 15 is 0 Å². The van der Waals surface area contributed by atoms with Crippen LogP contribution in [0.2, 0.25) is 0 Å². The lowest BCUT2D eigenvalue weighted by atomic mass is 9.99. The van der Waals surface area contributed by atoms with Crippen molar-refractivity contribution in [3.8, 4) is 0 Å². The van der Waals surface area contributed by atoms with Gasteiger partial charge >= 0.3 is 0 Å². The summed E-state index contributed by atoms with van der Waals surface area (Å²) in [5.41, 5.74) is 1.78. The predicted molar refractivity (Wildman–Crippen MR) is 124 cm³/mol. The molecule has 4 heteroatoms. The number of rotatable bonds is 0. The molecule has 1 fully saturated rings. The van der Waals surface area contributed by atoms with Crippen LogP contribution >= 0.6 is 47.0 Å². The van der Waals surface area contributed by atoms with E-state index in [9.17, 15) is 0 Å². The minimum atomic E-state index is 0.445. The van der Waals surface area contributed by atoms with Gasteiger partial charge in [0, 0.05) is 0 Å². The average Bonchev–Trinajstić information content (AvgIpc) is 2.35. The van der Waals surface area contributed by atoms with Crippen LogP contribution in [0.25, 0.3) is 0 Å². The molecule has 0 aliphatic carbocycles. The van der Waals surface area contributed by atoms with Crippen LogP contribution in [0.5, 0.6) is 0 Å². The van der Waals surface area contributed by atoms with Crippen LogP contribution in [0.4, 0.5) is 0 Å². The zero-order valence-electron chi connectivity index (χ0n) is 17.3. The van der Waals surface area contributed by atoms with Crippen molar-refractivity contribution in [2.75, 3.05) is 46.0 Å². The number of thioether (sulfide) groups is 4. The Labute approximate surface area is 169 Å². The minimum absolute atomic E-state index is 0.445. The molecular weight excluding hydrogens is 368 g/mol. The quantitative estimate of drug-likeness (QED) is 0.421. The summed E-state index contributed by atoms with van der Waals surface area (Å²) in [6, 6.07) is 0. The fraction of sp³-hybridized carbons (Fsp3) is 1.00. The van der Waals surface area contributed by atoms with Gasteiger partial charge in [-0.2, -0.15) is 47.0 Å². The van der Waals surface area contributed by atoms with Gasteiger partial charge in [0.25, 0.3) is 0 Å². The molecule has 1 heterocycles. The summed E-state index contributed by atoms with van der Waals surface area (Å²) in [6.07, 6.45) is 0. The van der Waals surface area contributed by atoms with Gasteiger partial charge in [0.2, 0.25) is 0 Å². The monoisotopic (exact) mass is 408 g/mol. The Hall–Kier alpha value is 1.40. The summed E-state index contributed by atoms with van der Waals surface area (Å²) in [6.45, 7) is 19.6. The SMILES string of the molecule is CC1(C)CSCC(C)(C)CSCC(C)(C)CSCC(C)(C)CSC1. The van der Waals surface area contributed by atoms with Gasteiger partial charge in [-0.15, -0.1) is 0 Å². The average molecular weight is 409 g/mol. The molecule has 0 nitrogen and oxygen atoms in total. The van der Waals surface area contributed by atoms with Crippen LogP contribution in [0.3, 0.4) is 0 Å². The molecule has 24 heavy (non-hydrogen) atoms. The fourth-order valence-electron chi connectivity index (χ4n) is 2.58. The minimum Gasteiger partial charge on any atom is -0.161 e. The van der Waals surface area contributed by atoms with Crippen molar-refractivity contribution in [1.29, 1.82) is 0 Å². The van der Waals surface area contributed by atoms with E-state index in [0.717, 1.165) is 0 Å². The Kier molecular flexibility index (Phi) is 9.33. The van der Waals surface area contributed by atoms with Gasteiger partial charge in [0.1, 0.15) is 0 Å². The largest absolute Gasteiger partial charge is 0.161 e. The molecule has 0 aromatic rings. The topological polar surface area (TPSA) is 0 Å². The summed E-state index contributed by atoms with van der Waals surface area (Å²) in [5, 5.41) is 0. The lowest BCUT2D eigenvalue weighted by molar-refractivity contribution is 0.463. The van der Waals surface area contributed by atoms with Crippen LogP contribution in [-0.2, 0) is 0 Å². The first-order valence-corrected chi connectivity index (χ1v) is 13.8. The molecule has 1 saturated heterocycles.